The molecule has 1 heterocycles. The molecule has 1 spiro atoms. The van der Waals surface area contributed by atoms with E-state index in [0.29, 0.717) is 30.0 Å². The van der Waals surface area contributed by atoms with E-state index in [9.17, 15) is 9.59 Å². The largest absolute Gasteiger partial charge is 0.374 e. The van der Waals surface area contributed by atoms with E-state index in [0.717, 1.165) is 37.9 Å². The van der Waals surface area contributed by atoms with Gasteiger partial charge in [0, 0.05) is 29.9 Å². The number of hydrogen-bond donors (Lipinski definition) is 0. The third-order valence-electron chi connectivity index (χ3n) is 9.85. The van der Waals surface area contributed by atoms with Crippen molar-refractivity contribution in [3.8, 4) is 0 Å². The second kappa shape index (κ2) is 7.25. The highest BCUT2D eigenvalue weighted by Gasteiger charge is 2.64. The Morgan fingerprint density at radius 2 is 1.88 bits per heavy atom. The second-order valence-electron chi connectivity index (χ2n) is 11.2. The van der Waals surface area contributed by atoms with Gasteiger partial charge in [-0.25, -0.2) is 0 Å². The highest BCUT2D eigenvalue weighted by Crippen LogP contribution is 2.69. The van der Waals surface area contributed by atoms with Crippen LogP contribution in [0.5, 0.6) is 0 Å². The Hall–Kier alpha value is -2.00. The minimum Gasteiger partial charge on any atom is -0.374 e. The molecule has 2 saturated carbocycles. The minimum absolute atomic E-state index is 0.0457. The molecule has 1 aromatic rings. The number of carbonyl (C=O) groups is 2. The summed E-state index contributed by atoms with van der Waals surface area (Å²) < 4.78 is 6.59. The van der Waals surface area contributed by atoms with Gasteiger partial charge in [0.15, 0.2) is 11.6 Å². The number of allylic oxidation sites excluding steroid dienone is 4. The van der Waals surface area contributed by atoms with Gasteiger partial charge in [-0.15, -0.1) is 0 Å². The fourth-order valence-corrected chi connectivity index (χ4v) is 8.33. The molecule has 3 nitrogen and oxygen atoms in total. The van der Waals surface area contributed by atoms with E-state index in [1.807, 2.05) is 18.2 Å². The molecule has 4 aliphatic carbocycles. The van der Waals surface area contributed by atoms with Crippen LogP contribution in [0.4, 0.5) is 0 Å². The summed E-state index contributed by atoms with van der Waals surface area (Å²) in [6.07, 6.45) is 11.7. The van der Waals surface area contributed by atoms with Crippen LogP contribution in [-0.4, -0.2) is 23.8 Å². The molecule has 0 unspecified atom stereocenters. The van der Waals surface area contributed by atoms with E-state index in [1.165, 1.54) is 42.4 Å². The molecule has 5 atom stereocenters. The van der Waals surface area contributed by atoms with Gasteiger partial charge in [0.2, 0.25) is 0 Å². The summed E-state index contributed by atoms with van der Waals surface area (Å²) in [5.74, 6) is 2.04. The first-order chi connectivity index (χ1) is 15.4. The molecule has 1 aliphatic heterocycles. The Morgan fingerprint density at radius 3 is 2.59 bits per heavy atom. The quantitative estimate of drug-likeness (QED) is 0.514. The van der Waals surface area contributed by atoms with Gasteiger partial charge >= 0.3 is 0 Å². The van der Waals surface area contributed by atoms with Crippen LogP contribution in [0.25, 0.3) is 0 Å². The van der Waals surface area contributed by atoms with Gasteiger partial charge in [-0.2, -0.15) is 0 Å². The summed E-state index contributed by atoms with van der Waals surface area (Å²) in [5.41, 5.74) is 6.79. The van der Waals surface area contributed by atoms with Gasteiger partial charge in [-0.3, -0.25) is 9.59 Å². The number of hydrogen-bond acceptors (Lipinski definition) is 3. The SMILES string of the molecule is CC(=O)c1ccc([C@H]2C[C@@]3(C)[C@H](CC[C@@]34CCCO4)[C@@H]3CCC4=CC(=O)CCC4=C32)cc1. The highest BCUT2D eigenvalue weighted by molar-refractivity contribution is 5.94. The fourth-order valence-electron chi connectivity index (χ4n) is 8.33. The van der Waals surface area contributed by atoms with Gasteiger partial charge in [0.05, 0.1) is 5.60 Å². The van der Waals surface area contributed by atoms with Crippen molar-refractivity contribution in [2.24, 2.45) is 17.3 Å². The van der Waals surface area contributed by atoms with Crippen molar-refractivity contribution < 1.29 is 14.3 Å². The van der Waals surface area contributed by atoms with Crippen LogP contribution >= 0.6 is 0 Å². The molecular weight excluding hydrogens is 396 g/mol. The lowest BCUT2D eigenvalue weighted by Gasteiger charge is -2.55. The summed E-state index contributed by atoms with van der Waals surface area (Å²) in [6, 6.07) is 8.40. The standard InChI is InChI=1S/C29H34O3/c1-18(30)19-4-6-20(7-5-19)25-17-28(2)26(12-14-29(28)13-3-15-32-29)24-10-8-21-16-22(31)9-11-23(21)27(24)25/h4-7,16,24-26H,3,8-15,17H2,1-2H3/t24-,25+,26+,28-,29-/m0/s1. The van der Waals surface area contributed by atoms with Crippen LogP contribution < -0.4 is 0 Å². The van der Waals surface area contributed by atoms with Gasteiger partial charge in [0.1, 0.15) is 0 Å². The normalized spacial score (nSPS) is 38.4. The molecule has 32 heavy (non-hydrogen) atoms. The Morgan fingerprint density at radius 1 is 1.06 bits per heavy atom. The lowest BCUT2D eigenvalue weighted by atomic mass is 9.51. The van der Waals surface area contributed by atoms with Crippen LogP contribution in [0.2, 0.25) is 0 Å². The van der Waals surface area contributed by atoms with Gasteiger partial charge in [-0.1, -0.05) is 36.8 Å². The molecule has 5 aliphatic rings. The summed E-state index contributed by atoms with van der Waals surface area (Å²) >= 11 is 0. The second-order valence-corrected chi connectivity index (χ2v) is 11.2. The number of ether oxygens (including phenoxy) is 1. The number of rotatable bonds is 2. The summed E-state index contributed by atoms with van der Waals surface area (Å²) in [4.78, 5) is 24.1. The lowest BCUT2D eigenvalue weighted by Crippen LogP contribution is -2.51. The maximum atomic E-state index is 12.2. The smallest absolute Gasteiger partial charge is 0.159 e. The van der Waals surface area contributed by atoms with Crippen molar-refractivity contribution in [3.05, 3.63) is 58.2 Å². The topological polar surface area (TPSA) is 43.4 Å². The van der Waals surface area contributed by atoms with Gasteiger partial charge < -0.3 is 4.74 Å². The zero-order valence-electron chi connectivity index (χ0n) is 19.4. The van der Waals surface area contributed by atoms with E-state index in [4.69, 9.17) is 4.74 Å². The summed E-state index contributed by atoms with van der Waals surface area (Å²) in [5, 5.41) is 0. The van der Waals surface area contributed by atoms with Crippen LogP contribution in [0.15, 0.2) is 47.1 Å². The van der Waals surface area contributed by atoms with Crippen LogP contribution in [0, 0.1) is 17.3 Å². The van der Waals surface area contributed by atoms with E-state index < -0.39 is 0 Å². The number of fused-ring (bicyclic) bond motifs is 5. The average molecular weight is 431 g/mol. The predicted octanol–water partition coefficient (Wildman–Crippen LogP) is 6.34. The first-order valence-electron chi connectivity index (χ1n) is 12.6. The average Bonchev–Trinajstić information content (AvgIpc) is 3.39. The highest BCUT2D eigenvalue weighted by atomic mass is 16.5. The monoisotopic (exact) mass is 430 g/mol. The fraction of sp³-hybridized carbons (Fsp3) is 0.586. The minimum atomic E-state index is 0.0457. The van der Waals surface area contributed by atoms with Crippen molar-refractivity contribution in [2.45, 2.75) is 83.2 Å². The molecule has 0 radical (unpaired) electrons. The van der Waals surface area contributed by atoms with E-state index in [-0.39, 0.29) is 16.8 Å². The van der Waals surface area contributed by atoms with Crippen molar-refractivity contribution in [1.82, 2.24) is 0 Å². The van der Waals surface area contributed by atoms with Crippen molar-refractivity contribution in [2.75, 3.05) is 6.61 Å². The Bertz CT molecular complexity index is 1040. The Labute approximate surface area is 191 Å². The van der Waals surface area contributed by atoms with Gasteiger partial charge in [0.25, 0.3) is 0 Å². The number of Topliss-reactive ketones (excluding diaryl/α,β-unsaturated/α-hetero) is 1. The van der Waals surface area contributed by atoms with Crippen LogP contribution in [0.1, 0.15) is 93.5 Å². The Kier molecular flexibility index (Phi) is 4.67. The number of benzene rings is 1. The van der Waals surface area contributed by atoms with E-state index >= 15 is 0 Å². The first-order valence-corrected chi connectivity index (χ1v) is 12.6. The third-order valence-corrected chi connectivity index (χ3v) is 9.85. The van der Waals surface area contributed by atoms with Crippen LogP contribution in [0.3, 0.4) is 0 Å². The molecule has 3 heteroatoms. The predicted molar refractivity (Wildman–Crippen MR) is 125 cm³/mol. The Balaban J connectivity index is 1.50. The number of carbonyl (C=O) groups excluding carboxylic acids is 2. The molecule has 0 amide bonds. The number of ketones is 2. The molecule has 6 rings (SSSR count). The van der Waals surface area contributed by atoms with Crippen molar-refractivity contribution in [3.63, 3.8) is 0 Å². The maximum absolute atomic E-state index is 12.2. The molecule has 3 fully saturated rings. The molecule has 0 aromatic heterocycles. The lowest BCUT2D eigenvalue weighted by molar-refractivity contribution is -0.114. The molecule has 0 bridgehead atoms. The molecule has 168 valence electrons. The zero-order chi connectivity index (χ0) is 22.1. The molecule has 1 saturated heterocycles. The van der Waals surface area contributed by atoms with Gasteiger partial charge in [-0.05, 0) is 92.9 Å². The molecular formula is C29H34O3. The third kappa shape index (κ3) is 2.83. The first kappa shape index (κ1) is 20.6. The van der Waals surface area contributed by atoms with E-state index in [1.54, 1.807) is 12.5 Å². The molecule has 0 N–H and O–H groups in total. The van der Waals surface area contributed by atoms with E-state index in [2.05, 4.69) is 19.1 Å². The maximum Gasteiger partial charge on any atom is 0.159 e. The van der Waals surface area contributed by atoms with Crippen molar-refractivity contribution >= 4 is 11.6 Å². The van der Waals surface area contributed by atoms with Crippen LogP contribution in [-0.2, 0) is 9.53 Å². The zero-order valence-corrected chi connectivity index (χ0v) is 19.4. The molecule has 1 aromatic carbocycles. The van der Waals surface area contributed by atoms with Crippen molar-refractivity contribution in [1.29, 1.82) is 0 Å². The summed E-state index contributed by atoms with van der Waals surface area (Å²) in [6.45, 7) is 5.08. The summed E-state index contributed by atoms with van der Waals surface area (Å²) in [7, 11) is 0.